The monoisotopic (exact) mass is 479 g/mol. The van der Waals surface area contributed by atoms with Crippen LogP contribution < -0.4 is 0 Å². The normalized spacial score (nSPS) is 15.0. The Morgan fingerprint density at radius 1 is 1.08 bits per heavy atom. The van der Waals surface area contributed by atoms with Crippen molar-refractivity contribution in [2.75, 3.05) is 13.7 Å². The average Bonchev–Trinajstić information content (AvgIpc) is 3.65. The van der Waals surface area contributed by atoms with Crippen molar-refractivity contribution in [2.24, 2.45) is 0 Å². The molecule has 0 bridgehead atoms. The zero-order valence-corrected chi connectivity index (χ0v) is 20.8. The quantitative estimate of drug-likeness (QED) is 0.358. The number of tetrazole rings is 1. The molecule has 5 aromatic rings. The standard InChI is InChI=1S/C28H29N7O/c1-4-25-30-26-17(2)15-20(13-14-36-3)29-28(26)35(25)24-12-10-19-16-18(9-11-22(19)24)21-7-5-6-8-23(21)27-31-33-34-32-27/h5-9,11,15-16,24H,4,10,12-14H2,1-3H3,(H,31,32,33,34). The molecule has 1 unspecified atom stereocenters. The molecule has 0 aliphatic heterocycles. The second-order valence-corrected chi connectivity index (χ2v) is 9.36. The Hall–Kier alpha value is -3.91. The summed E-state index contributed by atoms with van der Waals surface area (Å²) in [6, 6.07) is 17.4. The van der Waals surface area contributed by atoms with Crippen molar-refractivity contribution >= 4 is 11.2 Å². The van der Waals surface area contributed by atoms with Gasteiger partial charge in [-0.1, -0.05) is 49.4 Å². The second-order valence-electron chi connectivity index (χ2n) is 9.36. The molecular weight excluding hydrogens is 450 g/mol. The molecule has 1 N–H and O–H groups in total. The van der Waals surface area contributed by atoms with E-state index < -0.39 is 0 Å². The van der Waals surface area contributed by atoms with Gasteiger partial charge in [0, 0.05) is 31.2 Å². The highest BCUT2D eigenvalue weighted by Crippen LogP contribution is 2.40. The van der Waals surface area contributed by atoms with E-state index in [4.69, 9.17) is 14.7 Å². The van der Waals surface area contributed by atoms with Crippen LogP contribution in [0.2, 0.25) is 0 Å². The van der Waals surface area contributed by atoms with E-state index in [0.29, 0.717) is 12.4 Å². The number of benzene rings is 2. The van der Waals surface area contributed by atoms with Crippen LogP contribution in [-0.2, 0) is 24.0 Å². The summed E-state index contributed by atoms with van der Waals surface area (Å²) < 4.78 is 7.69. The fraction of sp³-hybridized carbons (Fsp3) is 0.321. The number of ether oxygens (including phenoxy) is 1. The number of nitrogens with one attached hydrogen (secondary N) is 1. The molecule has 6 rings (SSSR count). The van der Waals surface area contributed by atoms with E-state index in [1.54, 1.807) is 7.11 Å². The summed E-state index contributed by atoms with van der Waals surface area (Å²) in [6.45, 7) is 4.97. The number of H-pyrrole nitrogens is 1. The number of hydrogen-bond donors (Lipinski definition) is 1. The molecule has 1 aliphatic carbocycles. The first-order chi connectivity index (χ1) is 17.7. The third kappa shape index (κ3) is 3.78. The minimum atomic E-state index is 0.229. The largest absolute Gasteiger partial charge is 0.384 e. The highest BCUT2D eigenvalue weighted by Gasteiger charge is 2.29. The van der Waals surface area contributed by atoms with Crippen molar-refractivity contribution in [3.63, 3.8) is 0 Å². The highest BCUT2D eigenvalue weighted by atomic mass is 16.5. The molecule has 1 aliphatic rings. The van der Waals surface area contributed by atoms with E-state index in [1.165, 1.54) is 22.3 Å². The first kappa shape index (κ1) is 22.5. The molecule has 2 aromatic carbocycles. The van der Waals surface area contributed by atoms with Crippen LogP contribution in [0.3, 0.4) is 0 Å². The summed E-state index contributed by atoms with van der Waals surface area (Å²) >= 11 is 0. The molecule has 8 heteroatoms. The number of imidazole rings is 1. The van der Waals surface area contributed by atoms with Crippen LogP contribution >= 0.6 is 0 Å². The highest BCUT2D eigenvalue weighted by molar-refractivity contribution is 5.81. The van der Waals surface area contributed by atoms with Crippen molar-refractivity contribution in [3.8, 4) is 22.5 Å². The van der Waals surface area contributed by atoms with Gasteiger partial charge in [-0.15, -0.1) is 5.10 Å². The third-order valence-electron chi connectivity index (χ3n) is 7.18. The Morgan fingerprint density at radius 3 is 2.72 bits per heavy atom. The molecule has 0 fully saturated rings. The van der Waals surface area contributed by atoms with Crippen LogP contribution in [0.1, 0.15) is 47.6 Å². The van der Waals surface area contributed by atoms with Gasteiger partial charge in [-0.3, -0.25) is 0 Å². The number of aromatic amines is 1. The summed E-state index contributed by atoms with van der Waals surface area (Å²) in [5, 5.41) is 14.5. The number of aryl methyl sites for hydroxylation is 3. The van der Waals surface area contributed by atoms with Crippen LogP contribution in [0.4, 0.5) is 0 Å². The molecule has 36 heavy (non-hydrogen) atoms. The Morgan fingerprint density at radius 2 is 1.94 bits per heavy atom. The second kappa shape index (κ2) is 9.28. The summed E-state index contributed by atoms with van der Waals surface area (Å²) in [4.78, 5) is 10.1. The van der Waals surface area contributed by atoms with Crippen LogP contribution in [0.15, 0.2) is 48.5 Å². The predicted octanol–water partition coefficient (Wildman–Crippen LogP) is 4.87. The maximum absolute atomic E-state index is 5.30. The van der Waals surface area contributed by atoms with Gasteiger partial charge in [0.2, 0.25) is 0 Å². The maximum Gasteiger partial charge on any atom is 0.180 e. The first-order valence-corrected chi connectivity index (χ1v) is 12.5. The van der Waals surface area contributed by atoms with Crippen LogP contribution in [0.5, 0.6) is 0 Å². The molecule has 182 valence electrons. The molecule has 1 atom stereocenters. The smallest absolute Gasteiger partial charge is 0.180 e. The van der Waals surface area contributed by atoms with Crippen molar-refractivity contribution in [2.45, 2.75) is 45.6 Å². The van der Waals surface area contributed by atoms with Gasteiger partial charge in [0.15, 0.2) is 11.5 Å². The van der Waals surface area contributed by atoms with E-state index in [9.17, 15) is 0 Å². The van der Waals surface area contributed by atoms with E-state index >= 15 is 0 Å². The summed E-state index contributed by atoms with van der Waals surface area (Å²) in [5.74, 6) is 1.77. The molecule has 8 nitrogen and oxygen atoms in total. The van der Waals surface area contributed by atoms with E-state index in [-0.39, 0.29) is 6.04 Å². The van der Waals surface area contributed by atoms with Crippen molar-refractivity contribution in [1.29, 1.82) is 0 Å². The first-order valence-electron chi connectivity index (χ1n) is 12.5. The number of aromatic nitrogens is 7. The van der Waals surface area contributed by atoms with E-state index in [0.717, 1.165) is 59.5 Å². The Kier molecular flexibility index (Phi) is 5.81. The van der Waals surface area contributed by atoms with Gasteiger partial charge >= 0.3 is 0 Å². The van der Waals surface area contributed by atoms with Gasteiger partial charge in [-0.05, 0) is 64.1 Å². The lowest BCUT2D eigenvalue weighted by Crippen LogP contribution is -2.12. The average molecular weight is 480 g/mol. The van der Waals surface area contributed by atoms with Gasteiger partial charge in [-0.2, -0.15) is 0 Å². The van der Waals surface area contributed by atoms with Gasteiger partial charge in [0.25, 0.3) is 0 Å². The molecule has 0 saturated heterocycles. The predicted molar refractivity (Wildman–Crippen MR) is 139 cm³/mol. The lowest BCUT2D eigenvalue weighted by molar-refractivity contribution is 0.201. The van der Waals surface area contributed by atoms with Crippen LogP contribution in [-0.4, -0.2) is 48.9 Å². The molecular formula is C28H29N7O. The van der Waals surface area contributed by atoms with Crippen molar-refractivity contribution in [1.82, 2.24) is 35.2 Å². The molecule has 0 radical (unpaired) electrons. The summed E-state index contributed by atoms with van der Waals surface area (Å²) in [5.41, 5.74) is 10.2. The topological polar surface area (TPSA) is 94.4 Å². The Balaban J connectivity index is 1.43. The van der Waals surface area contributed by atoms with Crippen molar-refractivity contribution < 1.29 is 4.74 Å². The molecule has 0 spiro atoms. The van der Waals surface area contributed by atoms with Crippen LogP contribution in [0, 0.1) is 6.92 Å². The summed E-state index contributed by atoms with van der Waals surface area (Å²) in [6.07, 6.45) is 3.72. The maximum atomic E-state index is 5.30. The van der Waals surface area contributed by atoms with Gasteiger partial charge in [0.1, 0.15) is 11.3 Å². The minimum absolute atomic E-state index is 0.229. The Labute approximate surface area is 209 Å². The van der Waals surface area contributed by atoms with E-state index in [2.05, 4.69) is 75.4 Å². The number of hydrogen-bond acceptors (Lipinski definition) is 6. The minimum Gasteiger partial charge on any atom is -0.384 e. The SMILES string of the molecule is CCc1nc2c(C)cc(CCOC)nc2n1C1CCc2cc(-c3ccccc3-c3nnn[nH]3)ccc21. The lowest BCUT2D eigenvalue weighted by atomic mass is 9.96. The zero-order valence-electron chi connectivity index (χ0n) is 20.8. The fourth-order valence-corrected chi connectivity index (χ4v) is 5.48. The third-order valence-corrected chi connectivity index (χ3v) is 7.18. The molecule has 0 amide bonds. The summed E-state index contributed by atoms with van der Waals surface area (Å²) in [7, 11) is 1.73. The molecule has 3 heterocycles. The number of methoxy groups -OCH3 is 1. The lowest BCUT2D eigenvalue weighted by Gasteiger charge is -2.18. The van der Waals surface area contributed by atoms with Gasteiger partial charge < -0.3 is 9.30 Å². The van der Waals surface area contributed by atoms with Crippen LogP contribution in [0.25, 0.3) is 33.7 Å². The number of pyridine rings is 1. The number of fused-ring (bicyclic) bond motifs is 2. The molecule has 3 aromatic heterocycles. The number of rotatable bonds is 7. The van der Waals surface area contributed by atoms with Gasteiger partial charge in [0.05, 0.1) is 12.6 Å². The molecule has 0 saturated carbocycles. The Bertz CT molecular complexity index is 1540. The number of nitrogens with zero attached hydrogens (tertiary/aromatic N) is 6. The van der Waals surface area contributed by atoms with Crippen molar-refractivity contribution in [3.05, 3.63) is 76.7 Å². The fourth-order valence-electron chi connectivity index (χ4n) is 5.48. The van der Waals surface area contributed by atoms with E-state index in [1.807, 2.05) is 12.1 Å². The zero-order chi connectivity index (χ0) is 24.6. The van der Waals surface area contributed by atoms with Gasteiger partial charge in [-0.25, -0.2) is 15.1 Å².